The second kappa shape index (κ2) is 7.89. The summed E-state index contributed by atoms with van der Waals surface area (Å²) in [4.78, 5) is 0. The van der Waals surface area contributed by atoms with Gasteiger partial charge in [0.25, 0.3) is 0 Å². The molecule has 116 valence electrons. The van der Waals surface area contributed by atoms with Gasteiger partial charge in [0.05, 0.1) is 6.16 Å². The Morgan fingerprint density at radius 3 is 1.22 bits per heavy atom. The van der Waals surface area contributed by atoms with Crippen molar-refractivity contribution in [2.75, 3.05) is 6.16 Å². The van der Waals surface area contributed by atoms with Crippen LogP contribution in [0.5, 0.6) is 0 Å². The maximum absolute atomic E-state index is 10.7. The zero-order chi connectivity index (χ0) is 14.8. The fourth-order valence-electron chi connectivity index (χ4n) is 1.31. The first-order valence-corrected chi connectivity index (χ1v) is 9.25. The van der Waals surface area contributed by atoms with Crippen LogP contribution in [0.15, 0.2) is 0 Å². The first-order valence-electron chi connectivity index (χ1n) is 6.22. The Labute approximate surface area is 107 Å². The summed E-state index contributed by atoms with van der Waals surface area (Å²) in [7, 11) is -8.56. The summed E-state index contributed by atoms with van der Waals surface area (Å²) in [5.41, 5.74) is 0. The van der Waals surface area contributed by atoms with Crippen molar-refractivity contribution >= 4 is 17.0 Å². The number of halogens is 6. The molecule has 8 heteroatoms. The van der Waals surface area contributed by atoms with E-state index in [2.05, 4.69) is 16.2 Å². The van der Waals surface area contributed by atoms with E-state index in [1.54, 1.807) is 0 Å². The van der Waals surface area contributed by atoms with Gasteiger partial charge in [-0.15, -0.1) is 0 Å². The zero-order valence-corrected chi connectivity index (χ0v) is 13.1. The number of hydrogen-bond donors (Lipinski definition) is 0. The SMILES string of the molecule is CCCCCCCCCC[PH3+].F[P-](F)(F)(F)(F)F. The Hall–Kier alpha value is 0.440. The van der Waals surface area contributed by atoms with Crippen molar-refractivity contribution < 1.29 is 25.2 Å². The molecule has 0 aromatic rings. The van der Waals surface area contributed by atoms with Crippen molar-refractivity contribution in [2.24, 2.45) is 0 Å². The number of unbranched alkanes of at least 4 members (excludes halogenated alkanes) is 7. The van der Waals surface area contributed by atoms with Crippen molar-refractivity contribution in [3.63, 3.8) is 0 Å². The van der Waals surface area contributed by atoms with Crippen molar-refractivity contribution in [3.05, 3.63) is 0 Å². The molecule has 0 N–H and O–H groups in total. The summed E-state index contributed by atoms with van der Waals surface area (Å²) in [5.74, 6) is 0. The molecule has 0 heterocycles. The summed E-state index contributed by atoms with van der Waals surface area (Å²) >= 11 is 0. The molecule has 0 amide bonds. The van der Waals surface area contributed by atoms with E-state index in [4.69, 9.17) is 0 Å². The second-order valence-corrected chi connectivity index (χ2v) is 6.91. The Kier molecular flexibility index (Phi) is 9.10. The van der Waals surface area contributed by atoms with E-state index in [1.807, 2.05) is 0 Å². The molecule has 0 saturated heterocycles. The molecule has 0 aliphatic rings. The summed E-state index contributed by atoms with van der Waals surface area (Å²) in [6.07, 6.45) is 13.0. The molecule has 1 unspecified atom stereocenters. The van der Waals surface area contributed by atoms with E-state index in [-0.39, 0.29) is 0 Å². The Balaban J connectivity index is 0. The third kappa shape index (κ3) is 55.0. The fraction of sp³-hybridized carbons (Fsp3) is 1.00. The van der Waals surface area contributed by atoms with Crippen LogP contribution in [0, 0.1) is 0 Å². The van der Waals surface area contributed by atoms with Crippen LogP contribution in [-0.4, -0.2) is 6.16 Å². The van der Waals surface area contributed by atoms with Crippen molar-refractivity contribution in [1.82, 2.24) is 0 Å². The van der Waals surface area contributed by atoms with Crippen LogP contribution in [0.4, 0.5) is 25.2 Å². The molecule has 0 bridgehead atoms. The van der Waals surface area contributed by atoms with Crippen molar-refractivity contribution in [2.45, 2.75) is 58.3 Å². The molecule has 0 nitrogen and oxygen atoms in total. The van der Waals surface area contributed by atoms with Gasteiger partial charge >= 0.3 is 33.0 Å². The molecule has 0 radical (unpaired) electrons. The normalized spacial score (nSPS) is 15.5. The van der Waals surface area contributed by atoms with E-state index in [1.165, 1.54) is 57.5 Å². The van der Waals surface area contributed by atoms with Crippen LogP contribution in [0.25, 0.3) is 0 Å². The standard InChI is InChI=1S/C10H23P.F6P/c1-2-3-4-5-6-7-8-9-10-11;1-7(2,3,4,5)6/h2-11H2,1H3;/q;-1/p+1. The van der Waals surface area contributed by atoms with Gasteiger partial charge in [-0.2, -0.15) is 0 Å². The molecular formula is C10H24F6P2. The van der Waals surface area contributed by atoms with Crippen LogP contribution in [-0.2, 0) is 0 Å². The van der Waals surface area contributed by atoms with Gasteiger partial charge in [0.1, 0.15) is 0 Å². The Bertz CT molecular complexity index is 178. The Morgan fingerprint density at radius 2 is 0.944 bits per heavy atom. The van der Waals surface area contributed by atoms with Gasteiger partial charge < -0.3 is 0 Å². The molecular weight excluding hydrogens is 296 g/mol. The third-order valence-electron chi connectivity index (χ3n) is 2.10. The summed E-state index contributed by atoms with van der Waals surface area (Å²) in [6, 6.07) is 0. The third-order valence-corrected chi connectivity index (χ3v) is 2.60. The van der Waals surface area contributed by atoms with Gasteiger partial charge in [-0.3, -0.25) is 0 Å². The van der Waals surface area contributed by atoms with E-state index in [0.29, 0.717) is 0 Å². The molecule has 1 atom stereocenters. The van der Waals surface area contributed by atoms with Crippen LogP contribution >= 0.6 is 17.0 Å². The molecule has 0 aromatic carbocycles. The molecule has 0 fully saturated rings. The summed E-state index contributed by atoms with van der Waals surface area (Å²) in [5, 5.41) is 0. The predicted octanol–water partition coefficient (Wildman–Crippen LogP) is 7.12. The first-order chi connectivity index (χ1) is 7.86. The topological polar surface area (TPSA) is 0 Å². The van der Waals surface area contributed by atoms with Gasteiger partial charge in [-0.05, 0) is 22.1 Å². The minimum absolute atomic E-state index is 1.37. The first kappa shape index (κ1) is 20.8. The minimum atomic E-state index is -10.7. The van der Waals surface area contributed by atoms with Crippen LogP contribution < -0.4 is 0 Å². The molecule has 0 saturated carbocycles. The number of rotatable bonds is 8. The molecule has 18 heavy (non-hydrogen) atoms. The fourth-order valence-corrected chi connectivity index (χ4v) is 1.66. The molecule has 0 rings (SSSR count). The van der Waals surface area contributed by atoms with Crippen molar-refractivity contribution in [1.29, 1.82) is 0 Å². The average Bonchev–Trinajstić information content (AvgIpc) is 2.12. The second-order valence-electron chi connectivity index (χ2n) is 4.29. The van der Waals surface area contributed by atoms with Gasteiger partial charge in [-0.1, -0.05) is 45.4 Å². The van der Waals surface area contributed by atoms with Gasteiger partial charge in [0, 0.05) is 0 Å². The van der Waals surface area contributed by atoms with Gasteiger partial charge in [-0.25, -0.2) is 0 Å². The zero-order valence-electron chi connectivity index (χ0n) is 10.8. The quantitative estimate of drug-likeness (QED) is 0.254. The van der Waals surface area contributed by atoms with Crippen LogP contribution in [0.1, 0.15) is 58.3 Å². The Morgan fingerprint density at radius 1 is 0.667 bits per heavy atom. The molecule has 0 aliphatic carbocycles. The van der Waals surface area contributed by atoms with Crippen molar-refractivity contribution in [3.8, 4) is 0 Å². The van der Waals surface area contributed by atoms with Gasteiger partial charge in [0.15, 0.2) is 0 Å². The summed E-state index contributed by atoms with van der Waals surface area (Å²) < 4.78 is 59.2. The van der Waals surface area contributed by atoms with E-state index in [0.717, 1.165) is 0 Å². The summed E-state index contributed by atoms with van der Waals surface area (Å²) in [6.45, 7) is 2.28. The van der Waals surface area contributed by atoms with Crippen LogP contribution in [0.2, 0.25) is 0 Å². The predicted molar refractivity (Wildman–Crippen MR) is 72.2 cm³/mol. The monoisotopic (exact) mass is 320 g/mol. The van der Waals surface area contributed by atoms with E-state index in [9.17, 15) is 25.2 Å². The molecule has 0 aliphatic heterocycles. The number of hydrogen-bond acceptors (Lipinski definition) is 0. The average molecular weight is 320 g/mol. The maximum atomic E-state index is 9.87. The van der Waals surface area contributed by atoms with Gasteiger partial charge in [0.2, 0.25) is 0 Å². The van der Waals surface area contributed by atoms with Crippen LogP contribution in [0.3, 0.4) is 0 Å². The molecule has 0 aromatic heterocycles. The van der Waals surface area contributed by atoms with E-state index < -0.39 is 7.81 Å². The molecule has 0 spiro atoms. The van der Waals surface area contributed by atoms with E-state index >= 15 is 0 Å².